The summed E-state index contributed by atoms with van der Waals surface area (Å²) in [5.41, 5.74) is 0.0444. The van der Waals surface area contributed by atoms with Crippen molar-refractivity contribution >= 4 is 16.7 Å². The van der Waals surface area contributed by atoms with Crippen LogP contribution < -0.4 is 5.63 Å². The van der Waals surface area contributed by atoms with Crippen LogP contribution >= 0.6 is 0 Å². The monoisotopic (exact) mass is 301 g/mol. The highest BCUT2D eigenvalue weighted by molar-refractivity contribution is 6.06. The summed E-state index contributed by atoms with van der Waals surface area (Å²) >= 11 is 0. The minimum atomic E-state index is -0.411. The normalized spacial score (nSPS) is 11.4. The zero-order chi connectivity index (χ0) is 16.3. The number of benzene rings is 1. The topological polar surface area (TPSA) is 50.5 Å². The molecule has 0 unspecified atom stereocenters. The van der Waals surface area contributed by atoms with Gasteiger partial charge in [-0.25, -0.2) is 4.79 Å². The van der Waals surface area contributed by atoms with Crippen molar-refractivity contribution in [1.82, 2.24) is 4.90 Å². The molecule has 0 saturated carbocycles. The molecular weight excluding hydrogens is 278 g/mol. The molecule has 2 aromatic rings. The van der Waals surface area contributed by atoms with Gasteiger partial charge in [0.25, 0.3) is 5.91 Å². The molecule has 0 spiro atoms. The van der Waals surface area contributed by atoms with Crippen LogP contribution in [-0.4, -0.2) is 23.9 Å². The van der Waals surface area contributed by atoms with Crippen molar-refractivity contribution in [2.45, 2.75) is 27.7 Å². The fourth-order valence-corrected chi connectivity index (χ4v) is 2.59. The molecule has 0 aliphatic rings. The zero-order valence-electron chi connectivity index (χ0n) is 13.6. The van der Waals surface area contributed by atoms with Crippen molar-refractivity contribution < 1.29 is 9.21 Å². The lowest BCUT2D eigenvalue weighted by Crippen LogP contribution is -2.37. The molecule has 0 saturated heterocycles. The smallest absolute Gasteiger partial charge is 0.343 e. The largest absolute Gasteiger partial charge is 0.430 e. The minimum absolute atomic E-state index is 0.0812. The molecule has 1 aromatic heterocycles. The van der Waals surface area contributed by atoms with Crippen LogP contribution in [0, 0.1) is 11.8 Å². The highest BCUT2D eigenvalue weighted by Crippen LogP contribution is 2.18. The molecule has 0 N–H and O–H groups in total. The SMILES string of the molecule is CC(C)CN(CC(C)C)C(=O)c1coc(=O)c2ccccc12. The van der Waals surface area contributed by atoms with Crippen LogP contribution in [0.5, 0.6) is 0 Å². The number of hydrogen-bond donors (Lipinski definition) is 0. The van der Waals surface area contributed by atoms with Crippen LogP contribution in [-0.2, 0) is 0 Å². The van der Waals surface area contributed by atoms with Crippen LogP contribution in [0.25, 0.3) is 10.8 Å². The van der Waals surface area contributed by atoms with E-state index in [1.807, 2.05) is 11.0 Å². The third-order valence-electron chi connectivity index (χ3n) is 3.41. The number of carbonyl (C=O) groups excluding carboxylic acids is 1. The fourth-order valence-electron chi connectivity index (χ4n) is 2.59. The van der Waals surface area contributed by atoms with E-state index in [1.165, 1.54) is 6.26 Å². The van der Waals surface area contributed by atoms with Gasteiger partial charge in [0.05, 0.1) is 10.9 Å². The molecule has 1 amide bonds. The molecule has 0 atom stereocenters. The predicted octanol–water partition coefficient (Wildman–Crippen LogP) is 3.55. The highest BCUT2D eigenvalue weighted by Gasteiger charge is 2.21. The van der Waals surface area contributed by atoms with Gasteiger partial charge in [0, 0.05) is 18.5 Å². The lowest BCUT2D eigenvalue weighted by Gasteiger charge is -2.26. The fraction of sp³-hybridized carbons (Fsp3) is 0.444. The zero-order valence-corrected chi connectivity index (χ0v) is 13.6. The van der Waals surface area contributed by atoms with Gasteiger partial charge in [0.1, 0.15) is 6.26 Å². The maximum absolute atomic E-state index is 12.9. The average molecular weight is 301 g/mol. The summed E-state index contributed by atoms with van der Waals surface area (Å²) in [7, 11) is 0. The van der Waals surface area contributed by atoms with Gasteiger partial charge < -0.3 is 9.32 Å². The molecule has 0 bridgehead atoms. The van der Waals surface area contributed by atoms with Crippen LogP contribution in [0.1, 0.15) is 38.1 Å². The Morgan fingerprint density at radius 2 is 1.59 bits per heavy atom. The number of carbonyl (C=O) groups is 1. The standard InChI is InChI=1S/C18H23NO3/c1-12(2)9-19(10-13(3)4)17(20)16-11-22-18(21)15-8-6-5-7-14(15)16/h5-8,11-13H,9-10H2,1-4H3. The third-order valence-corrected chi connectivity index (χ3v) is 3.41. The molecule has 118 valence electrons. The highest BCUT2D eigenvalue weighted by atomic mass is 16.4. The molecule has 1 aromatic carbocycles. The summed E-state index contributed by atoms with van der Waals surface area (Å²) in [5.74, 6) is 0.678. The number of amides is 1. The van der Waals surface area contributed by atoms with Gasteiger partial charge in [-0.05, 0) is 17.9 Å². The Morgan fingerprint density at radius 1 is 1.05 bits per heavy atom. The Hall–Kier alpha value is -2.10. The van der Waals surface area contributed by atoms with Gasteiger partial charge in [-0.3, -0.25) is 4.79 Å². The quantitative estimate of drug-likeness (QED) is 0.848. The van der Waals surface area contributed by atoms with E-state index in [4.69, 9.17) is 4.42 Å². The van der Waals surface area contributed by atoms with E-state index in [2.05, 4.69) is 27.7 Å². The van der Waals surface area contributed by atoms with Crippen molar-refractivity contribution in [3.8, 4) is 0 Å². The first-order valence-electron chi connectivity index (χ1n) is 7.70. The third kappa shape index (κ3) is 3.56. The Balaban J connectivity index is 2.46. The van der Waals surface area contributed by atoms with E-state index < -0.39 is 5.63 Å². The van der Waals surface area contributed by atoms with Crippen molar-refractivity contribution in [2.24, 2.45) is 11.8 Å². The molecule has 0 aliphatic heterocycles. The molecule has 4 heteroatoms. The number of nitrogens with zero attached hydrogens (tertiary/aromatic N) is 1. The minimum Gasteiger partial charge on any atom is -0.430 e. The van der Waals surface area contributed by atoms with E-state index in [1.54, 1.807) is 18.2 Å². The first-order chi connectivity index (χ1) is 10.4. The van der Waals surface area contributed by atoms with Crippen LogP contribution in [0.2, 0.25) is 0 Å². The van der Waals surface area contributed by atoms with Crippen LogP contribution in [0.15, 0.2) is 39.7 Å². The molecule has 22 heavy (non-hydrogen) atoms. The van der Waals surface area contributed by atoms with Crippen LogP contribution in [0.4, 0.5) is 0 Å². The molecule has 4 nitrogen and oxygen atoms in total. The summed E-state index contributed by atoms with van der Waals surface area (Å²) in [6, 6.07) is 7.08. The van der Waals surface area contributed by atoms with Crippen molar-refractivity contribution in [3.05, 3.63) is 46.5 Å². The number of hydrogen-bond acceptors (Lipinski definition) is 3. The van der Waals surface area contributed by atoms with Gasteiger partial charge >= 0.3 is 5.63 Å². The van der Waals surface area contributed by atoms with Gasteiger partial charge in [0.2, 0.25) is 0 Å². The van der Waals surface area contributed by atoms with Crippen molar-refractivity contribution in [1.29, 1.82) is 0 Å². The summed E-state index contributed by atoms with van der Waals surface area (Å²) in [4.78, 5) is 26.5. The summed E-state index contributed by atoms with van der Waals surface area (Å²) in [5, 5.41) is 1.10. The maximum Gasteiger partial charge on any atom is 0.343 e. The van der Waals surface area contributed by atoms with Crippen molar-refractivity contribution in [3.63, 3.8) is 0 Å². The molecule has 0 aliphatic carbocycles. The summed E-state index contributed by atoms with van der Waals surface area (Å²) < 4.78 is 5.05. The second kappa shape index (κ2) is 6.77. The summed E-state index contributed by atoms with van der Waals surface area (Å²) in [6.45, 7) is 9.72. The number of rotatable bonds is 5. The lowest BCUT2D eigenvalue weighted by atomic mass is 10.1. The Labute approximate surface area is 130 Å². The Morgan fingerprint density at radius 3 is 2.14 bits per heavy atom. The van der Waals surface area contributed by atoms with E-state index in [9.17, 15) is 9.59 Å². The predicted molar refractivity (Wildman–Crippen MR) is 88.1 cm³/mol. The molecule has 2 rings (SSSR count). The van der Waals surface area contributed by atoms with Gasteiger partial charge in [-0.15, -0.1) is 0 Å². The van der Waals surface area contributed by atoms with E-state index in [-0.39, 0.29) is 5.91 Å². The van der Waals surface area contributed by atoms with Gasteiger partial charge in [-0.2, -0.15) is 0 Å². The molecule has 0 fully saturated rings. The maximum atomic E-state index is 12.9. The number of fused-ring (bicyclic) bond motifs is 1. The summed E-state index contributed by atoms with van der Waals surface area (Å²) in [6.07, 6.45) is 1.29. The average Bonchev–Trinajstić information content (AvgIpc) is 2.46. The van der Waals surface area contributed by atoms with E-state index >= 15 is 0 Å². The molecule has 1 heterocycles. The van der Waals surface area contributed by atoms with E-state index in [0.717, 1.165) is 0 Å². The molecular formula is C18H23NO3. The first kappa shape index (κ1) is 16.3. The van der Waals surface area contributed by atoms with Gasteiger partial charge in [0.15, 0.2) is 0 Å². The van der Waals surface area contributed by atoms with Crippen molar-refractivity contribution in [2.75, 3.05) is 13.1 Å². The van der Waals surface area contributed by atoms with Gasteiger partial charge in [-0.1, -0.05) is 45.9 Å². The molecule has 0 radical (unpaired) electrons. The van der Waals surface area contributed by atoms with Crippen LogP contribution in [0.3, 0.4) is 0 Å². The second-order valence-corrected chi connectivity index (χ2v) is 6.48. The van der Waals surface area contributed by atoms with E-state index in [0.29, 0.717) is 41.3 Å². The first-order valence-corrected chi connectivity index (χ1v) is 7.70. The lowest BCUT2D eigenvalue weighted by molar-refractivity contribution is 0.0714. The second-order valence-electron chi connectivity index (χ2n) is 6.48. The Kier molecular flexibility index (Phi) is 5.01. The Bertz CT molecular complexity index is 706.